The molecular weight excluding hydrogens is 636 g/mol. The van der Waals surface area contributed by atoms with Crippen LogP contribution in [-0.2, 0) is 14.3 Å². The summed E-state index contributed by atoms with van der Waals surface area (Å²) in [5.74, 6) is -3.09. The van der Waals surface area contributed by atoms with Crippen LogP contribution in [0.2, 0.25) is 20.1 Å². The summed E-state index contributed by atoms with van der Waals surface area (Å²) in [6.07, 6.45) is 1.30. The maximum atomic E-state index is 12.7. The molecule has 1 heterocycles. The molecule has 1 aliphatic rings. The lowest BCUT2D eigenvalue weighted by Gasteiger charge is -2.13. The van der Waals surface area contributed by atoms with E-state index in [1.807, 2.05) is 0 Å². The van der Waals surface area contributed by atoms with Crippen LogP contribution in [0.1, 0.15) is 56.8 Å². The number of fused-ring (bicyclic) bond motifs is 1. The molecule has 0 fully saturated rings. The molecule has 0 radical (unpaired) electrons. The highest BCUT2D eigenvalue weighted by atomic mass is 79.9. The van der Waals surface area contributed by atoms with Crippen LogP contribution in [0.4, 0.5) is 0 Å². The Kier molecular flexibility index (Phi) is 10.2. The Labute approximate surface area is 239 Å². The minimum Gasteiger partial charge on any atom is -0.455 e. The number of hydrazine groups is 1. The predicted molar refractivity (Wildman–Crippen MR) is 141 cm³/mol. The van der Waals surface area contributed by atoms with E-state index in [-0.39, 0.29) is 44.2 Å². The molecule has 2 N–H and O–H groups in total. The lowest BCUT2D eigenvalue weighted by Crippen LogP contribution is -2.43. The van der Waals surface area contributed by atoms with Crippen LogP contribution in [0, 0.1) is 0 Å². The zero-order chi connectivity index (χ0) is 27.3. The molecule has 1 aliphatic heterocycles. The number of imide groups is 1. The molecule has 0 bridgehead atoms. The Bertz CT molecular complexity index is 1230. The van der Waals surface area contributed by atoms with Gasteiger partial charge in [-0.15, -0.1) is 0 Å². The van der Waals surface area contributed by atoms with Crippen LogP contribution < -0.4 is 10.9 Å². The highest BCUT2D eigenvalue weighted by Crippen LogP contribution is 2.44. The summed E-state index contributed by atoms with van der Waals surface area (Å²) in [7, 11) is 0. The second-order valence-corrected chi connectivity index (χ2v) is 10.2. The maximum absolute atomic E-state index is 12.7. The lowest BCUT2D eigenvalue weighted by molar-refractivity contribution is -0.148. The SMILES string of the molecule is O=C(COC(=O)CCCCCN1C(=O)c2c(Cl)c(Cl)c(Cl)c(Cl)c2C1=O)NNC(=O)c1ccc(Br)cc1. The standard InChI is InChI=1S/C23H18BrCl4N3O6/c24-12-7-5-11(6-8-12)21(34)30-29-13(32)10-37-14(33)4-2-1-3-9-31-22(35)15-16(23(31)36)18(26)20(28)19(27)17(15)25/h5-8H,1-4,9-10H2,(H,29,32)(H,30,34). The fourth-order valence-corrected chi connectivity index (χ4v) is 4.65. The molecule has 0 aromatic heterocycles. The zero-order valence-corrected chi connectivity index (χ0v) is 23.4. The van der Waals surface area contributed by atoms with Gasteiger partial charge in [0.15, 0.2) is 6.61 Å². The molecular formula is C23H18BrCl4N3O6. The molecule has 0 aliphatic carbocycles. The average molecular weight is 654 g/mol. The van der Waals surface area contributed by atoms with Gasteiger partial charge in [0, 0.05) is 23.0 Å². The predicted octanol–water partition coefficient (Wildman–Crippen LogP) is 5.22. The summed E-state index contributed by atoms with van der Waals surface area (Å²) >= 11 is 27.4. The third-order valence-corrected chi connectivity index (χ3v) is 7.56. The van der Waals surface area contributed by atoms with Crippen molar-refractivity contribution in [1.82, 2.24) is 15.8 Å². The number of carbonyl (C=O) groups is 5. The van der Waals surface area contributed by atoms with E-state index in [0.717, 1.165) is 9.37 Å². The number of unbranched alkanes of at least 4 members (excludes halogenated alkanes) is 2. The smallest absolute Gasteiger partial charge is 0.306 e. The van der Waals surface area contributed by atoms with Crippen LogP contribution in [0.25, 0.3) is 0 Å². The Morgan fingerprint density at radius 2 is 1.38 bits per heavy atom. The van der Waals surface area contributed by atoms with Gasteiger partial charge >= 0.3 is 5.97 Å². The van der Waals surface area contributed by atoms with Gasteiger partial charge in [0.2, 0.25) is 0 Å². The van der Waals surface area contributed by atoms with E-state index in [9.17, 15) is 24.0 Å². The van der Waals surface area contributed by atoms with Gasteiger partial charge in [-0.05, 0) is 37.1 Å². The number of halogens is 5. The molecule has 0 unspecified atom stereocenters. The maximum Gasteiger partial charge on any atom is 0.306 e. The molecule has 0 saturated carbocycles. The first-order valence-electron chi connectivity index (χ1n) is 10.8. The number of ether oxygens (including phenoxy) is 1. The van der Waals surface area contributed by atoms with Crippen molar-refractivity contribution in [2.75, 3.05) is 13.2 Å². The number of amides is 4. The molecule has 196 valence electrons. The van der Waals surface area contributed by atoms with Crippen molar-refractivity contribution in [3.63, 3.8) is 0 Å². The molecule has 14 heteroatoms. The first kappa shape index (κ1) is 29.2. The van der Waals surface area contributed by atoms with Crippen molar-refractivity contribution in [2.45, 2.75) is 25.7 Å². The molecule has 2 aromatic carbocycles. The second-order valence-electron chi connectivity index (χ2n) is 7.75. The molecule has 0 saturated heterocycles. The molecule has 4 amide bonds. The number of nitrogens with zero attached hydrogens (tertiary/aromatic N) is 1. The molecule has 9 nitrogen and oxygen atoms in total. The number of benzene rings is 2. The number of carbonyl (C=O) groups excluding carboxylic acids is 5. The number of esters is 1. The Balaban J connectivity index is 1.35. The summed E-state index contributed by atoms with van der Waals surface area (Å²) in [5.41, 5.74) is 4.55. The first-order chi connectivity index (χ1) is 17.5. The Morgan fingerprint density at radius 3 is 1.95 bits per heavy atom. The summed E-state index contributed by atoms with van der Waals surface area (Å²) < 4.78 is 5.68. The fraction of sp³-hybridized carbons (Fsp3) is 0.261. The van der Waals surface area contributed by atoms with Crippen molar-refractivity contribution in [3.8, 4) is 0 Å². The van der Waals surface area contributed by atoms with E-state index in [4.69, 9.17) is 51.1 Å². The quantitative estimate of drug-likeness (QED) is 0.0956. The zero-order valence-electron chi connectivity index (χ0n) is 18.8. The van der Waals surface area contributed by atoms with Gasteiger partial charge < -0.3 is 4.74 Å². The van der Waals surface area contributed by atoms with Crippen molar-refractivity contribution in [1.29, 1.82) is 0 Å². The fourth-order valence-electron chi connectivity index (χ4n) is 3.37. The van der Waals surface area contributed by atoms with Crippen LogP contribution in [0.3, 0.4) is 0 Å². The number of nitrogens with one attached hydrogen (secondary N) is 2. The molecule has 0 atom stereocenters. The van der Waals surface area contributed by atoms with Gasteiger partial charge in [-0.3, -0.25) is 39.7 Å². The van der Waals surface area contributed by atoms with Gasteiger partial charge in [0.1, 0.15) is 0 Å². The minimum absolute atomic E-state index is 0.0174. The Morgan fingerprint density at radius 1 is 0.811 bits per heavy atom. The molecule has 2 aromatic rings. The highest BCUT2D eigenvalue weighted by Gasteiger charge is 2.41. The third-order valence-electron chi connectivity index (χ3n) is 5.23. The van der Waals surface area contributed by atoms with E-state index in [2.05, 4.69) is 26.8 Å². The van der Waals surface area contributed by atoms with Crippen molar-refractivity contribution < 1.29 is 28.7 Å². The molecule has 3 rings (SSSR count). The van der Waals surface area contributed by atoms with Crippen LogP contribution in [-0.4, -0.2) is 47.6 Å². The number of hydrogen-bond donors (Lipinski definition) is 2. The van der Waals surface area contributed by atoms with E-state index in [1.54, 1.807) is 24.3 Å². The average Bonchev–Trinajstić information content (AvgIpc) is 3.13. The van der Waals surface area contributed by atoms with Gasteiger partial charge in [0.25, 0.3) is 23.6 Å². The van der Waals surface area contributed by atoms with Crippen molar-refractivity contribution in [2.24, 2.45) is 0 Å². The summed E-state index contributed by atoms with van der Waals surface area (Å²) in [4.78, 5) is 62.0. The van der Waals surface area contributed by atoms with E-state index in [0.29, 0.717) is 24.8 Å². The van der Waals surface area contributed by atoms with E-state index < -0.39 is 36.2 Å². The first-order valence-corrected chi connectivity index (χ1v) is 13.1. The van der Waals surface area contributed by atoms with E-state index in [1.165, 1.54) is 0 Å². The highest BCUT2D eigenvalue weighted by molar-refractivity contribution is 9.10. The number of rotatable bonds is 9. The lowest BCUT2D eigenvalue weighted by atomic mass is 10.1. The summed E-state index contributed by atoms with van der Waals surface area (Å²) in [6.45, 7) is -0.495. The van der Waals surface area contributed by atoms with E-state index >= 15 is 0 Å². The topological polar surface area (TPSA) is 122 Å². The monoisotopic (exact) mass is 651 g/mol. The number of hydrogen-bond acceptors (Lipinski definition) is 6. The molecule has 37 heavy (non-hydrogen) atoms. The van der Waals surface area contributed by atoms with Crippen LogP contribution >= 0.6 is 62.3 Å². The van der Waals surface area contributed by atoms with Gasteiger partial charge in [0.05, 0.1) is 31.2 Å². The Hall–Kier alpha value is -2.37. The van der Waals surface area contributed by atoms with Crippen molar-refractivity contribution >= 4 is 91.9 Å². The minimum atomic E-state index is -0.707. The van der Waals surface area contributed by atoms with Gasteiger partial charge in [-0.1, -0.05) is 68.8 Å². The second kappa shape index (κ2) is 12.9. The summed E-state index contributed by atoms with van der Waals surface area (Å²) in [5, 5.41) is -0.471. The third kappa shape index (κ3) is 6.94. The largest absolute Gasteiger partial charge is 0.455 e. The van der Waals surface area contributed by atoms with Gasteiger partial charge in [-0.2, -0.15) is 0 Å². The van der Waals surface area contributed by atoms with Crippen LogP contribution in [0.5, 0.6) is 0 Å². The van der Waals surface area contributed by atoms with Crippen LogP contribution in [0.15, 0.2) is 28.7 Å². The van der Waals surface area contributed by atoms with Gasteiger partial charge in [-0.25, -0.2) is 0 Å². The molecule has 0 spiro atoms. The van der Waals surface area contributed by atoms with Crippen molar-refractivity contribution in [3.05, 3.63) is 65.5 Å². The summed E-state index contributed by atoms with van der Waals surface area (Å²) in [6, 6.07) is 6.48. The normalized spacial score (nSPS) is 12.4.